The molecular weight excluding hydrogens is 486 g/mol. The van der Waals surface area contributed by atoms with Crippen LogP contribution >= 0.6 is 0 Å². The molecule has 7 nitrogen and oxygen atoms in total. The molecule has 1 aliphatic carbocycles. The number of nitrogens with zero attached hydrogens (tertiary/aromatic N) is 5. The van der Waals surface area contributed by atoms with E-state index in [1.54, 1.807) is 20.0 Å². The van der Waals surface area contributed by atoms with Crippen LogP contribution in [0.15, 0.2) is 67.0 Å². The summed E-state index contributed by atoms with van der Waals surface area (Å²) in [6, 6.07) is 19.9. The summed E-state index contributed by atoms with van der Waals surface area (Å²) in [5, 5.41) is 20.6. The second kappa shape index (κ2) is 10.8. The van der Waals surface area contributed by atoms with Crippen LogP contribution < -0.4 is 9.80 Å². The Labute approximate surface area is 229 Å². The van der Waals surface area contributed by atoms with Crippen LogP contribution in [0.2, 0.25) is 0 Å². The molecule has 0 aliphatic heterocycles. The molecule has 5 rings (SSSR count). The SMILES string of the molecule is CN(CCN(CC=O)c1ccc(C(C)(C)O)cn1)c1cnc2c(-c3ccc(C#N)cc3)cccc2c1C1CC1. The van der Waals surface area contributed by atoms with Gasteiger partial charge in [0.05, 0.1) is 41.2 Å². The molecule has 0 unspecified atom stereocenters. The van der Waals surface area contributed by atoms with Crippen molar-refractivity contribution in [1.82, 2.24) is 9.97 Å². The van der Waals surface area contributed by atoms with Crippen LogP contribution in [0, 0.1) is 11.3 Å². The van der Waals surface area contributed by atoms with E-state index >= 15 is 0 Å². The monoisotopic (exact) mass is 519 g/mol. The first-order valence-corrected chi connectivity index (χ1v) is 13.3. The fourth-order valence-electron chi connectivity index (χ4n) is 5.01. The molecule has 1 saturated carbocycles. The maximum atomic E-state index is 11.5. The Kier molecular flexibility index (Phi) is 7.32. The fraction of sp³-hybridized carbons (Fsp3) is 0.312. The molecule has 39 heavy (non-hydrogen) atoms. The normalized spacial score (nSPS) is 13.2. The van der Waals surface area contributed by atoms with Gasteiger partial charge in [-0.25, -0.2) is 4.98 Å². The van der Waals surface area contributed by atoms with Crippen LogP contribution in [-0.2, 0) is 10.4 Å². The van der Waals surface area contributed by atoms with Gasteiger partial charge in [0.15, 0.2) is 0 Å². The van der Waals surface area contributed by atoms with E-state index in [0.29, 0.717) is 30.4 Å². The third-order valence-corrected chi connectivity index (χ3v) is 7.42. The van der Waals surface area contributed by atoms with Gasteiger partial charge in [-0.15, -0.1) is 0 Å². The average Bonchev–Trinajstić information content (AvgIpc) is 3.79. The fourth-order valence-corrected chi connectivity index (χ4v) is 5.01. The lowest BCUT2D eigenvalue weighted by Gasteiger charge is -2.28. The van der Waals surface area contributed by atoms with Crippen molar-refractivity contribution < 1.29 is 9.90 Å². The van der Waals surface area contributed by atoms with Crippen LogP contribution in [-0.4, -0.2) is 48.0 Å². The Bertz CT molecular complexity index is 1510. The maximum absolute atomic E-state index is 11.5. The average molecular weight is 520 g/mol. The molecule has 2 heterocycles. The highest BCUT2D eigenvalue weighted by atomic mass is 16.3. The van der Waals surface area contributed by atoms with Crippen molar-refractivity contribution in [2.24, 2.45) is 0 Å². The van der Waals surface area contributed by atoms with Crippen LogP contribution in [0.4, 0.5) is 11.5 Å². The lowest BCUT2D eigenvalue weighted by Crippen LogP contribution is -2.35. The number of fused-ring (bicyclic) bond motifs is 1. The van der Waals surface area contributed by atoms with Crippen molar-refractivity contribution in [3.8, 4) is 17.2 Å². The summed E-state index contributed by atoms with van der Waals surface area (Å²) in [6.07, 6.45) is 6.86. The van der Waals surface area contributed by atoms with Crippen LogP contribution in [0.3, 0.4) is 0 Å². The number of hydrogen-bond donors (Lipinski definition) is 1. The van der Waals surface area contributed by atoms with E-state index < -0.39 is 5.60 Å². The van der Waals surface area contributed by atoms with Gasteiger partial charge in [0, 0.05) is 42.8 Å². The Morgan fingerprint density at radius 1 is 1.05 bits per heavy atom. The molecule has 0 bridgehead atoms. The van der Waals surface area contributed by atoms with E-state index in [9.17, 15) is 15.2 Å². The van der Waals surface area contributed by atoms with Crippen molar-refractivity contribution in [3.63, 3.8) is 0 Å². The van der Waals surface area contributed by atoms with Crippen molar-refractivity contribution in [1.29, 1.82) is 5.26 Å². The van der Waals surface area contributed by atoms with Crippen molar-refractivity contribution in [2.75, 3.05) is 36.5 Å². The second-order valence-electron chi connectivity index (χ2n) is 10.7. The van der Waals surface area contributed by atoms with Gasteiger partial charge in [-0.1, -0.05) is 36.4 Å². The maximum Gasteiger partial charge on any atom is 0.139 e. The zero-order valence-corrected chi connectivity index (χ0v) is 22.6. The summed E-state index contributed by atoms with van der Waals surface area (Å²) >= 11 is 0. The quantitative estimate of drug-likeness (QED) is 0.280. The van der Waals surface area contributed by atoms with Gasteiger partial charge in [0.25, 0.3) is 0 Å². The lowest BCUT2D eigenvalue weighted by atomic mass is 9.96. The van der Waals surface area contributed by atoms with Crippen molar-refractivity contribution in [3.05, 3.63) is 83.7 Å². The molecule has 2 aromatic heterocycles. The number of hydrogen-bond acceptors (Lipinski definition) is 7. The second-order valence-corrected chi connectivity index (χ2v) is 10.7. The first kappa shape index (κ1) is 26.3. The summed E-state index contributed by atoms with van der Waals surface area (Å²) < 4.78 is 0. The Morgan fingerprint density at radius 2 is 1.82 bits per heavy atom. The minimum absolute atomic E-state index is 0.238. The molecule has 0 spiro atoms. The molecule has 0 atom stereocenters. The first-order valence-electron chi connectivity index (χ1n) is 13.3. The molecule has 1 fully saturated rings. The predicted molar refractivity (Wildman–Crippen MR) is 155 cm³/mol. The topological polar surface area (TPSA) is 93.3 Å². The Balaban J connectivity index is 1.42. The third-order valence-electron chi connectivity index (χ3n) is 7.42. The Hall–Kier alpha value is -4.28. The van der Waals surface area contributed by atoms with E-state index in [2.05, 4.69) is 41.2 Å². The highest BCUT2D eigenvalue weighted by Gasteiger charge is 2.30. The van der Waals surface area contributed by atoms with E-state index in [4.69, 9.17) is 4.98 Å². The van der Waals surface area contributed by atoms with Crippen LogP contribution in [0.5, 0.6) is 0 Å². The van der Waals surface area contributed by atoms with Crippen LogP contribution in [0.1, 0.15) is 49.3 Å². The summed E-state index contributed by atoms with van der Waals surface area (Å²) in [5.41, 5.74) is 5.91. The standard InChI is InChI=1S/C32H33N5O2/c1-32(2,39)25-13-14-29(34-20-25)37(17-18-38)16-15-36(3)28-21-35-31-26(23-9-7-22(19-33)8-10-23)5-4-6-27(31)30(28)24-11-12-24/h4-10,13-14,18,20-21,24,39H,11-12,15-17H2,1-3H3. The molecule has 198 valence electrons. The van der Waals surface area contributed by atoms with E-state index in [0.717, 1.165) is 52.4 Å². The van der Waals surface area contributed by atoms with Crippen LogP contribution in [0.25, 0.3) is 22.0 Å². The largest absolute Gasteiger partial charge is 0.386 e. The number of anilines is 2. The number of pyridine rings is 2. The Morgan fingerprint density at radius 3 is 2.44 bits per heavy atom. The third kappa shape index (κ3) is 5.62. The van der Waals surface area contributed by atoms with Gasteiger partial charge in [0.2, 0.25) is 0 Å². The van der Waals surface area contributed by atoms with Gasteiger partial charge in [0.1, 0.15) is 12.1 Å². The smallest absolute Gasteiger partial charge is 0.139 e. The van der Waals surface area contributed by atoms with Gasteiger partial charge in [-0.2, -0.15) is 5.26 Å². The molecule has 0 radical (unpaired) electrons. The number of para-hydroxylation sites is 1. The number of aliphatic hydroxyl groups is 1. The molecule has 4 aromatic rings. The summed E-state index contributed by atoms with van der Waals surface area (Å²) in [6.45, 7) is 4.99. The van der Waals surface area contributed by atoms with Crippen molar-refractivity contribution in [2.45, 2.75) is 38.2 Å². The van der Waals surface area contributed by atoms with E-state index in [1.165, 1.54) is 5.56 Å². The van der Waals surface area contributed by atoms with Crippen molar-refractivity contribution >= 4 is 28.7 Å². The number of aldehydes is 1. The van der Waals surface area contributed by atoms with Gasteiger partial charge in [-0.3, -0.25) is 4.98 Å². The summed E-state index contributed by atoms with van der Waals surface area (Å²) in [4.78, 5) is 25.1. The molecule has 0 saturated heterocycles. The number of benzene rings is 2. The highest BCUT2D eigenvalue weighted by Crippen LogP contribution is 2.48. The van der Waals surface area contributed by atoms with E-state index in [-0.39, 0.29) is 6.54 Å². The number of carbonyl (C=O) groups is 1. The summed E-state index contributed by atoms with van der Waals surface area (Å²) in [7, 11) is 2.07. The summed E-state index contributed by atoms with van der Waals surface area (Å²) in [5.74, 6) is 1.21. The number of likely N-dealkylation sites (N-methyl/N-ethyl adjacent to an activating group) is 1. The number of rotatable bonds is 10. The predicted octanol–water partition coefficient (Wildman–Crippen LogP) is 5.41. The minimum atomic E-state index is -0.969. The lowest BCUT2D eigenvalue weighted by molar-refractivity contribution is -0.106. The molecule has 1 N–H and O–H groups in total. The first-order chi connectivity index (χ1) is 18.8. The van der Waals surface area contributed by atoms with Gasteiger partial charge >= 0.3 is 0 Å². The molecular formula is C32H33N5O2. The zero-order chi connectivity index (χ0) is 27.6. The molecule has 1 aliphatic rings. The highest BCUT2D eigenvalue weighted by molar-refractivity contribution is 5.98. The number of aromatic nitrogens is 2. The number of nitriles is 1. The van der Waals surface area contributed by atoms with Gasteiger partial charge < -0.3 is 19.7 Å². The zero-order valence-electron chi connectivity index (χ0n) is 22.6. The number of carbonyl (C=O) groups excluding carboxylic acids is 1. The molecule has 0 amide bonds. The molecule has 7 heteroatoms. The molecule has 2 aromatic carbocycles. The van der Waals surface area contributed by atoms with Gasteiger partial charge in [-0.05, 0) is 61.9 Å². The van der Waals surface area contributed by atoms with E-state index in [1.807, 2.05) is 47.5 Å². The minimum Gasteiger partial charge on any atom is -0.386 e.